The fourth-order valence-electron chi connectivity index (χ4n) is 3.25. The molecule has 8 heteroatoms. The molecule has 0 aliphatic rings. The number of anilines is 1. The second-order valence-electron chi connectivity index (χ2n) is 7.12. The summed E-state index contributed by atoms with van der Waals surface area (Å²) in [5, 5.41) is 5.74. The van der Waals surface area contributed by atoms with Crippen molar-refractivity contribution in [3.05, 3.63) is 94.7 Å². The molecule has 32 heavy (non-hydrogen) atoms. The van der Waals surface area contributed by atoms with Gasteiger partial charge in [-0.25, -0.2) is 4.98 Å². The number of imidazole rings is 1. The third kappa shape index (κ3) is 4.97. The maximum Gasteiger partial charge on any atom is 0.291 e. The Morgan fingerprint density at radius 1 is 1.06 bits per heavy atom. The maximum atomic E-state index is 12.9. The number of hydrogen-bond donors (Lipinski definition) is 3. The molecule has 7 nitrogen and oxygen atoms in total. The Balaban J connectivity index is 1.45. The van der Waals surface area contributed by atoms with Crippen molar-refractivity contribution < 1.29 is 14.0 Å². The average Bonchev–Trinajstić information content (AvgIpc) is 3.48. The van der Waals surface area contributed by atoms with Gasteiger partial charge in [0, 0.05) is 11.3 Å². The van der Waals surface area contributed by atoms with Crippen LogP contribution >= 0.6 is 15.9 Å². The van der Waals surface area contributed by atoms with Crippen LogP contribution in [0.15, 0.2) is 82.0 Å². The van der Waals surface area contributed by atoms with Gasteiger partial charge < -0.3 is 20.0 Å². The topological polar surface area (TPSA) is 100 Å². The number of nitrogens with zero attached hydrogens (tertiary/aromatic N) is 1. The minimum absolute atomic E-state index is 0.171. The highest BCUT2D eigenvalue weighted by atomic mass is 79.9. The van der Waals surface area contributed by atoms with E-state index in [1.165, 1.54) is 0 Å². The van der Waals surface area contributed by atoms with Gasteiger partial charge in [0.25, 0.3) is 11.8 Å². The van der Waals surface area contributed by atoms with Gasteiger partial charge in [-0.2, -0.15) is 0 Å². The number of carbonyl (C=O) groups excluding carboxylic acids is 2. The van der Waals surface area contributed by atoms with Crippen molar-refractivity contribution in [3.8, 4) is 11.3 Å². The summed E-state index contributed by atoms with van der Waals surface area (Å²) in [6.45, 7) is 1.98. The second kappa shape index (κ2) is 9.65. The molecule has 162 valence electrons. The molecular formula is C24H21BrN4O3. The maximum absolute atomic E-state index is 12.9. The van der Waals surface area contributed by atoms with Crippen molar-refractivity contribution in [1.82, 2.24) is 15.3 Å². The van der Waals surface area contributed by atoms with Gasteiger partial charge in [0.05, 0.1) is 17.9 Å². The fraction of sp³-hybridized carbons (Fsp3) is 0.125. The zero-order valence-corrected chi connectivity index (χ0v) is 18.8. The zero-order valence-electron chi connectivity index (χ0n) is 17.3. The predicted molar refractivity (Wildman–Crippen MR) is 125 cm³/mol. The summed E-state index contributed by atoms with van der Waals surface area (Å²) < 4.78 is 5.73. The van der Waals surface area contributed by atoms with E-state index in [4.69, 9.17) is 4.42 Å². The molecule has 1 unspecified atom stereocenters. The van der Waals surface area contributed by atoms with Gasteiger partial charge in [-0.3, -0.25) is 9.59 Å². The second-order valence-corrected chi connectivity index (χ2v) is 7.90. The Hall–Kier alpha value is -3.65. The first kappa shape index (κ1) is 21.6. The molecule has 2 aromatic carbocycles. The summed E-state index contributed by atoms with van der Waals surface area (Å²) in [6, 6.07) is 19.5. The number of aromatic nitrogens is 2. The third-order valence-corrected chi connectivity index (χ3v) is 5.33. The van der Waals surface area contributed by atoms with Crippen molar-refractivity contribution in [3.63, 3.8) is 0 Å². The monoisotopic (exact) mass is 492 g/mol. The molecule has 0 bridgehead atoms. The Morgan fingerprint density at radius 3 is 2.59 bits per heavy atom. The first-order chi connectivity index (χ1) is 15.5. The molecule has 0 aliphatic heterocycles. The number of rotatable bonds is 7. The number of amides is 2. The lowest BCUT2D eigenvalue weighted by molar-refractivity contribution is 0.0932. The highest BCUT2D eigenvalue weighted by molar-refractivity contribution is 9.10. The van der Waals surface area contributed by atoms with E-state index in [0.717, 1.165) is 11.3 Å². The number of benzene rings is 2. The number of nitrogens with one attached hydrogen (secondary N) is 3. The Kier molecular flexibility index (Phi) is 6.51. The summed E-state index contributed by atoms with van der Waals surface area (Å²) >= 11 is 3.17. The number of furan rings is 1. The molecule has 0 fully saturated rings. The predicted octanol–water partition coefficient (Wildman–Crippen LogP) is 5.57. The Labute approximate surface area is 193 Å². The number of aromatic amines is 1. The third-order valence-electron chi connectivity index (χ3n) is 4.90. The molecular weight excluding hydrogens is 472 g/mol. The van der Waals surface area contributed by atoms with Gasteiger partial charge in [0.1, 0.15) is 5.82 Å². The number of halogens is 1. The van der Waals surface area contributed by atoms with Crippen molar-refractivity contribution in [1.29, 1.82) is 0 Å². The Morgan fingerprint density at radius 2 is 1.88 bits per heavy atom. The SMILES string of the molecule is CCC(NC(=O)c1cccc(NC(=O)c2ccc(Br)o2)c1)c1ncc(-c2ccccc2)[nH]1. The van der Waals surface area contributed by atoms with E-state index in [-0.39, 0.29) is 17.7 Å². The fourth-order valence-corrected chi connectivity index (χ4v) is 3.56. The summed E-state index contributed by atoms with van der Waals surface area (Å²) in [5.74, 6) is 0.201. The van der Waals surface area contributed by atoms with Gasteiger partial charge in [-0.05, 0) is 58.2 Å². The van der Waals surface area contributed by atoms with Crippen LogP contribution in [0, 0.1) is 0 Å². The van der Waals surface area contributed by atoms with Crippen molar-refractivity contribution in [2.45, 2.75) is 19.4 Å². The summed E-state index contributed by atoms with van der Waals surface area (Å²) in [5.41, 5.74) is 2.84. The molecule has 1 atom stereocenters. The van der Waals surface area contributed by atoms with E-state index in [1.807, 2.05) is 37.3 Å². The minimum Gasteiger partial charge on any atom is -0.444 e. The van der Waals surface area contributed by atoms with Crippen molar-refractivity contribution in [2.75, 3.05) is 5.32 Å². The molecule has 0 aliphatic carbocycles. The standard InChI is InChI=1S/C24H21BrN4O3/c1-2-18(22-26-14-19(28-22)15-7-4-3-5-8-15)29-23(30)16-9-6-10-17(13-16)27-24(31)20-11-12-21(25)32-20/h3-14,18H,2H2,1H3,(H,26,28)(H,27,31)(H,29,30). The van der Waals surface area contributed by atoms with Crippen LogP contribution in [-0.2, 0) is 0 Å². The summed E-state index contributed by atoms with van der Waals surface area (Å²) in [7, 11) is 0. The van der Waals surface area contributed by atoms with Crippen LogP contribution in [0.1, 0.15) is 46.1 Å². The molecule has 2 heterocycles. The normalized spacial score (nSPS) is 11.7. The largest absolute Gasteiger partial charge is 0.444 e. The van der Waals surface area contributed by atoms with Gasteiger partial charge in [-0.15, -0.1) is 0 Å². The molecule has 0 radical (unpaired) electrons. The molecule has 0 saturated carbocycles. The molecule has 0 spiro atoms. The van der Waals surface area contributed by atoms with Gasteiger partial charge in [0.15, 0.2) is 10.4 Å². The van der Waals surface area contributed by atoms with Crippen LogP contribution in [-0.4, -0.2) is 21.8 Å². The van der Waals surface area contributed by atoms with E-state index >= 15 is 0 Å². The van der Waals surface area contributed by atoms with Crippen molar-refractivity contribution in [2.24, 2.45) is 0 Å². The van der Waals surface area contributed by atoms with Crippen LogP contribution in [0.4, 0.5) is 5.69 Å². The van der Waals surface area contributed by atoms with E-state index in [0.29, 0.717) is 28.2 Å². The van der Waals surface area contributed by atoms with Crippen LogP contribution < -0.4 is 10.6 Å². The lowest BCUT2D eigenvalue weighted by atomic mass is 10.1. The minimum atomic E-state index is -0.399. The first-order valence-corrected chi connectivity index (χ1v) is 10.9. The average molecular weight is 493 g/mol. The zero-order chi connectivity index (χ0) is 22.5. The quantitative estimate of drug-likeness (QED) is 0.314. The van der Waals surface area contributed by atoms with Crippen molar-refractivity contribution >= 4 is 33.4 Å². The molecule has 4 aromatic rings. The van der Waals surface area contributed by atoms with Gasteiger partial charge in [-0.1, -0.05) is 43.3 Å². The smallest absolute Gasteiger partial charge is 0.291 e. The van der Waals surface area contributed by atoms with E-state index in [9.17, 15) is 9.59 Å². The van der Waals surface area contributed by atoms with Gasteiger partial charge in [0.2, 0.25) is 0 Å². The van der Waals surface area contributed by atoms with E-state index in [1.54, 1.807) is 42.6 Å². The molecule has 2 aromatic heterocycles. The van der Waals surface area contributed by atoms with Crippen LogP contribution in [0.2, 0.25) is 0 Å². The number of H-pyrrole nitrogens is 1. The van der Waals surface area contributed by atoms with E-state index in [2.05, 4.69) is 36.5 Å². The van der Waals surface area contributed by atoms with Gasteiger partial charge >= 0.3 is 0 Å². The van der Waals surface area contributed by atoms with Crippen LogP contribution in [0.25, 0.3) is 11.3 Å². The van der Waals surface area contributed by atoms with Crippen LogP contribution in [0.3, 0.4) is 0 Å². The number of hydrogen-bond acceptors (Lipinski definition) is 4. The lowest BCUT2D eigenvalue weighted by Crippen LogP contribution is -2.29. The Bertz CT molecular complexity index is 1230. The summed E-state index contributed by atoms with van der Waals surface area (Å²) in [6.07, 6.45) is 2.43. The van der Waals surface area contributed by atoms with Crippen LogP contribution in [0.5, 0.6) is 0 Å². The highest BCUT2D eigenvalue weighted by Crippen LogP contribution is 2.21. The molecule has 3 N–H and O–H groups in total. The number of carbonyl (C=O) groups is 2. The lowest BCUT2D eigenvalue weighted by Gasteiger charge is -2.15. The molecule has 4 rings (SSSR count). The summed E-state index contributed by atoms with van der Waals surface area (Å²) in [4.78, 5) is 32.9. The van der Waals surface area contributed by atoms with E-state index < -0.39 is 5.91 Å². The molecule has 2 amide bonds. The first-order valence-electron chi connectivity index (χ1n) is 10.1. The molecule has 0 saturated heterocycles. The highest BCUT2D eigenvalue weighted by Gasteiger charge is 2.18.